The zero-order valence-corrected chi connectivity index (χ0v) is 21.4. The first kappa shape index (κ1) is 25.4. The first-order chi connectivity index (χ1) is 17.8. The zero-order valence-electron chi connectivity index (χ0n) is 21.4. The Balaban J connectivity index is 1.13. The molecule has 2 heterocycles. The molecule has 0 atom stereocenters. The van der Waals surface area contributed by atoms with Gasteiger partial charge >= 0.3 is 0 Å². The molecule has 0 bridgehead atoms. The van der Waals surface area contributed by atoms with Crippen LogP contribution in [0.1, 0.15) is 54.0 Å². The molecule has 1 aliphatic carbocycles. The Labute approximate surface area is 216 Å². The molecule has 5 nitrogen and oxygen atoms in total. The number of aliphatic hydroxyl groups excluding tert-OH is 1. The Morgan fingerprint density at radius 2 is 1.14 bits per heavy atom. The summed E-state index contributed by atoms with van der Waals surface area (Å²) >= 11 is 0. The van der Waals surface area contributed by atoms with Gasteiger partial charge in [0.25, 0.3) is 0 Å². The first-order valence-corrected chi connectivity index (χ1v) is 13.7. The third kappa shape index (κ3) is 6.53. The van der Waals surface area contributed by atoms with Gasteiger partial charge in [-0.3, -0.25) is 9.80 Å². The van der Waals surface area contributed by atoms with Crippen LogP contribution in [-0.2, 0) is 9.47 Å². The van der Waals surface area contributed by atoms with Crippen LogP contribution in [-0.4, -0.2) is 80.6 Å². The van der Waals surface area contributed by atoms with Crippen LogP contribution >= 0.6 is 0 Å². The van der Waals surface area contributed by atoms with E-state index in [1.165, 1.54) is 12.8 Å². The van der Waals surface area contributed by atoms with Crippen LogP contribution in [0.15, 0.2) is 48.6 Å². The molecule has 192 valence electrons. The standard InChI is InChI=1S/C31H40N2O3/c34-31-29-23-25(7-3-1-5-13-32-15-19-35-20-16-32)9-11-27(29)28-12-10-26(24-30(28)31)8-4-2-6-14-33-17-21-36-22-18-33/h3-4,7-12,23-24,31,34H,1-2,5-6,13-22H2/b7-3+,8-4+. The molecule has 5 heteroatoms. The minimum atomic E-state index is -0.556. The second-order valence-electron chi connectivity index (χ2n) is 10.1. The summed E-state index contributed by atoms with van der Waals surface area (Å²) in [5.41, 5.74) is 6.67. The van der Waals surface area contributed by atoms with Gasteiger partial charge < -0.3 is 14.6 Å². The fourth-order valence-corrected chi connectivity index (χ4v) is 5.43. The maximum atomic E-state index is 11.1. The van der Waals surface area contributed by atoms with E-state index >= 15 is 0 Å². The van der Waals surface area contributed by atoms with Crippen molar-refractivity contribution < 1.29 is 14.6 Å². The summed E-state index contributed by atoms with van der Waals surface area (Å²) < 4.78 is 10.8. The highest BCUT2D eigenvalue weighted by molar-refractivity contribution is 5.80. The van der Waals surface area contributed by atoms with E-state index in [4.69, 9.17) is 9.47 Å². The second-order valence-corrected chi connectivity index (χ2v) is 10.1. The first-order valence-electron chi connectivity index (χ1n) is 13.7. The lowest BCUT2D eigenvalue weighted by atomic mass is 10.0. The zero-order chi connectivity index (χ0) is 24.6. The van der Waals surface area contributed by atoms with E-state index < -0.39 is 6.10 Å². The van der Waals surface area contributed by atoms with Gasteiger partial charge in [0.2, 0.25) is 0 Å². The molecule has 0 aromatic heterocycles. The third-order valence-corrected chi connectivity index (χ3v) is 7.55. The summed E-state index contributed by atoms with van der Waals surface area (Å²) in [5, 5.41) is 11.1. The van der Waals surface area contributed by atoms with Crippen LogP contribution in [0.2, 0.25) is 0 Å². The number of nitrogens with zero attached hydrogens (tertiary/aromatic N) is 2. The van der Waals surface area contributed by atoms with Gasteiger partial charge in [-0.25, -0.2) is 0 Å². The van der Waals surface area contributed by atoms with E-state index in [1.807, 2.05) is 0 Å². The van der Waals surface area contributed by atoms with Crippen LogP contribution < -0.4 is 0 Å². The van der Waals surface area contributed by atoms with Crippen LogP contribution in [0, 0.1) is 0 Å². The Morgan fingerprint density at radius 1 is 0.694 bits per heavy atom. The molecular weight excluding hydrogens is 448 g/mol. The maximum absolute atomic E-state index is 11.1. The van der Waals surface area contributed by atoms with Crippen LogP contribution in [0.3, 0.4) is 0 Å². The molecule has 2 aromatic rings. The summed E-state index contributed by atoms with van der Waals surface area (Å²) in [5.74, 6) is 0. The Morgan fingerprint density at radius 3 is 1.58 bits per heavy atom. The SMILES string of the molecule is OC1c2cc(/C=C/CCCN3CCOCC3)ccc2-c2ccc(/C=C/CCCN3CCOCC3)cc21. The highest BCUT2D eigenvalue weighted by Gasteiger charge is 2.27. The molecule has 36 heavy (non-hydrogen) atoms. The van der Waals surface area contributed by atoms with Gasteiger partial charge in [-0.05, 0) is 84.3 Å². The lowest BCUT2D eigenvalue weighted by molar-refractivity contribution is 0.0375. The normalized spacial score (nSPS) is 19.4. The fraction of sp³-hybridized carbons (Fsp3) is 0.484. The summed E-state index contributed by atoms with van der Waals surface area (Å²) in [6.45, 7) is 9.95. The number of hydrogen-bond donors (Lipinski definition) is 1. The third-order valence-electron chi connectivity index (χ3n) is 7.55. The average Bonchev–Trinajstić information content (AvgIpc) is 3.20. The topological polar surface area (TPSA) is 45.2 Å². The number of ether oxygens (including phenoxy) is 2. The monoisotopic (exact) mass is 488 g/mol. The van der Waals surface area contributed by atoms with Gasteiger partial charge in [-0.1, -0.05) is 48.6 Å². The molecule has 3 aliphatic rings. The smallest absolute Gasteiger partial charge is 0.105 e. The number of fused-ring (bicyclic) bond motifs is 3. The number of aliphatic hydroxyl groups is 1. The lowest BCUT2D eigenvalue weighted by Crippen LogP contribution is -2.36. The molecular formula is C31H40N2O3. The predicted octanol–water partition coefficient (Wildman–Crippen LogP) is 5.00. The quantitative estimate of drug-likeness (QED) is 0.477. The Kier molecular flexibility index (Phi) is 9.02. The Hall–Kier alpha value is -2.28. The van der Waals surface area contributed by atoms with E-state index in [-0.39, 0.29) is 0 Å². The second kappa shape index (κ2) is 12.8. The van der Waals surface area contributed by atoms with Gasteiger partial charge in [-0.15, -0.1) is 0 Å². The summed E-state index contributed by atoms with van der Waals surface area (Å²) in [6.07, 6.45) is 12.8. The number of morpholine rings is 2. The fourth-order valence-electron chi connectivity index (χ4n) is 5.43. The molecule has 0 unspecified atom stereocenters. The summed E-state index contributed by atoms with van der Waals surface area (Å²) in [6, 6.07) is 13.0. The molecule has 2 aromatic carbocycles. The van der Waals surface area contributed by atoms with E-state index in [0.717, 1.165) is 112 Å². The van der Waals surface area contributed by atoms with Crippen molar-refractivity contribution in [1.29, 1.82) is 0 Å². The van der Waals surface area contributed by atoms with Crippen molar-refractivity contribution in [3.05, 3.63) is 70.8 Å². The van der Waals surface area contributed by atoms with Crippen molar-refractivity contribution in [3.63, 3.8) is 0 Å². The number of hydrogen-bond acceptors (Lipinski definition) is 5. The summed E-state index contributed by atoms with van der Waals surface area (Å²) in [7, 11) is 0. The number of unbranched alkanes of at least 4 members (excludes halogenated alkanes) is 2. The predicted molar refractivity (Wildman–Crippen MR) is 147 cm³/mol. The highest BCUT2D eigenvalue weighted by Crippen LogP contribution is 2.44. The van der Waals surface area contributed by atoms with Crippen molar-refractivity contribution >= 4 is 12.2 Å². The largest absolute Gasteiger partial charge is 0.384 e. The Bertz CT molecular complexity index is 968. The van der Waals surface area contributed by atoms with E-state index in [2.05, 4.69) is 70.5 Å². The van der Waals surface area contributed by atoms with Gasteiger partial charge in [0.15, 0.2) is 0 Å². The molecule has 0 radical (unpaired) electrons. The van der Waals surface area contributed by atoms with E-state index in [0.29, 0.717) is 0 Å². The van der Waals surface area contributed by atoms with Gasteiger partial charge in [0.1, 0.15) is 6.10 Å². The lowest BCUT2D eigenvalue weighted by Gasteiger charge is -2.26. The van der Waals surface area contributed by atoms with Crippen LogP contribution in [0.5, 0.6) is 0 Å². The highest BCUT2D eigenvalue weighted by atomic mass is 16.5. The number of allylic oxidation sites excluding steroid dienone is 2. The van der Waals surface area contributed by atoms with Gasteiger partial charge in [-0.2, -0.15) is 0 Å². The molecule has 0 spiro atoms. The van der Waals surface area contributed by atoms with Crippen LogP contribution in [0.4, 0.5) is 0 Å². The van der Waals surface area contributed by atoms with Crippen molar-refractivity contribution in [2.45, 2.75) is 31.8 Å². The van der Waals surface area contributed by atoms with Crippen LogP contribution in [0.25, 0.3) is 23.3 Å². The van der Waals surface area contributed by atoms with Gasteiger partial charge in [0, 0.05) is 26.2 Å². The van der Waals surface area contributed by atoms with E-state index in [1.54, 1.807) is 0 Å². The molecule has 2 aliphatic heterocycles. The average molecular weight is 489 g/mol. The number of benzene rings is 2. The van der Waals surface area contributed by atoms with Gasteiger partial charge in [0.05, 0.1) is 26.4 Å². The molecule has 5 rings (SSSR count). The minimum Gasteiger partial charge on any atom is -0.384 e. The van der Waals surface area contributed by atoms with Crippen molar-refractivity contribution in [1.82, 2.24) is 9.80 Å². The van der Waals surface area contributed by atoms with E-state index in [9.17, 15) is 5.11 Å². The summed E-state index contributed by atoms with van der Waals surface area (Å²) in [4.78, 5) is 4.96. The number of rotatable bonds is 10. The van der Waals surface area contributed by atoms with Crippen molar-refractivity contribution in [2.75, 3.05) is 65.7 Å². The molecule has 1 N–H and O–H groups in total. The maximum Gasteiger partial charge on any atom is 0.105 e. The molecule has 2 saturated heterocycles. The molecule has 0 amide bonds. The molecule has 0 saturated carbocycles. The van der Waals surface area contributed by atoms with Crippen molar-refractivity contribution in [2.24, 2.45) is 0 Å². The minimum absolute atomic E-state index is 0.556. The van der Waals surface area contributed by atoms with Crippen molar-refractivity contribution in [3.8, 4) is 11.1 Å². The molecule has 2 fully saturated rings.